The van der Waals surface area contributed by atoms with Gasteiger partial charge in [-0.2, -0.15) is 0 Å². The number of ketones is 1. The minimum absolute atomic E-state index is 0.255. The molecule has 0 fully saturated rings. The zero-order valence-corrected chi connectivity index (χ0v) is 8.05. The Bertz CT molecular complexity index is 93.8. The van der Waals surface area contributed by atoms with Crippen LogP contribution in [0.3, 0.4) is 0 Å². The second-order valence-corrected chi connectivity index (χ2v) is 2.81. The summed E-state index contributed by atoms with van der Waals surface area (Å²) in [5.74, 6) is 0.255. The van der Waals surface area contributed by atoms with Gasteiger partial charge in [-0.3, -0.25) is 0 Å². The molecular weight excluding hydrogens is 144 g/mol. The van der Waals surface area contributed by atoms with Crippen molar-refractivity contribution >= 4 is 22.9 Å². The van der Waals surface area contributed by atoms with Gasteiger partial charge in [0, 0.05) is 6.42 Å². The standard InChI is InChI=1S/C4H8O.C4H8S/c2*1-3-4(2)5/h2*3H2,1-2H3. The van der Waals surface area contributed by atoms with Crippen LogP contribution in [-0.2, 0) is 4.79 Å². The molecule has 0 aliphatic heterocycles. The average molecular weight is 160 g/mol. The van der Waals surface area contributed by atoms with Crippen LogP contribution in [0.5, 0.6) is 0 Å². The molecule has 0 aromatic carbocycles. The predicted molar refractivity (Wildman–Crippen MR) is 49.5 cm³/mol. The first-order valence-electron chi connectivity index (χ1n) is 3.53. The monoisotopic (exact) mass is 160 g/mol. The Morgan fingerprint density at radius 3 is 1.40 bits per heavy atom. The van der Waals surface area contributed by atoms with Crippen LogP contribution < -0.4 is 0 Å². The van der Waals surface area contributed by atoms with Crippen molar-refractivity contribution in [2.75, 3.05) is 0 Å². The summed E-state index contributed by atoms with van der Waals surface area (Å²) in [5.41, 5.74) is 0. The number of hydrogen-bond donors (Lipinski definition) is 0. The number of hydrogen-bond acceptors (Lipinski definition) is 2. The minimum atomic E-state index is 0.255. The highest BCUT2D eigenvalue weighted by atomic mass is 32.1. The first kappa shape index (κ1) is 12.4. The molecule has 0 spiro atoms. The summed E-state index contributed by atoms with van der Waals surface area (Å²) in [6.45, 7) is 7.44. The summed E-state index contributed by atoms with van der Waals surface area (Å²) in [7, 11) is 0. The van der Waals surface area contributed by atoms with Crippen LogP contribution in [0, 0.1) is 0 Å². The Balaban J connectivity index is 0. The first-order valence-corrected chi connectivity index (χ1v) is 3.94. The fraction of sp³-hybridized carbons (Fsp3) is 0.750. The molecule has 0 saturated carbocycles. The van der Waals surface area contributed by atoms with Crippen molar-refractivity contribution in [3.8, 4) is 0 Å². The summed E-state index contributed by atoms with van der Waals surface area (Å²) in [6.07, 6.45) is 1.70. The fourth-order valence-electron chi connectivity index (χ4n) is 0. The van der Waals surface area contributed by atoms with Crippen molar-refractivity contribution < 1.29 is 4.79 Å². The highest BCUT2D eigenvalue weighted by molar-refractivity contribution is 7.80. The lowest BCUT2D eigenvalue weighted by Crippen LogP contribution is -1.80. The fourth-order valence-corrected chi connectivity index (χ4v) is 0. The van der Waals surface area contributed by atoms with E-state index in [1.807, 2.05) is 13.8 Å². The van der Waals surface area contributed by atoms with E-state index in [2.05, 4.69) is 6.92 Å². The number of carbonyl (C=O) groups excluding carboxylic acids is 1. The molecule has 10 heavy (non-hydrogen) atoms. The maximum Gasteiger partial charge on any atom is 0.129 e. The van der Waals surface area contributed by atoms with Gasteiger partial charge in [0.15, 0.2) is 0 Å². The summed E-state index contributed by atoms with van der Waals surface area (Å²) in [5, 5.41) is 0. The van der Waals surface area contributed by atoms with Gasteiger partial charge in [-0.05, 0) is 25.1 Å². The molecule has 60 valence electrons. The Labute approximate surface area is 68.8 Å². The van der Waals surface area contributed by atoms with Gasteiger partial charge in [-0.15, -0.1) is 0 Å². The summed E-state index contributed by atoms with van der Waals surface area (Å²) < 4.78 is 0. The molecule has 0 bridgehead atoms. The molecule has 2 heteroatoms. The van der Waals surface area contributed by atoms with Gasteiger partial charge in [0.25, 0.3) is 0 Å². The number of carbonyl (C=O) groups is 1. The summed E-state index contributed by atoms with van der Waals surface area (Å²) >= 11 is 4.70. The van der Waals surface area contributed by atoms with Crippen molar-refractivity contribution in [2.24, 2.45) is 0 Å². The molecule has 0 atom stereocenters. The van der Waals surface area contributed by atoms with Crippen LogP contribution in [0.2, 0.25) is 0 Å². The zero-order valence-electron chi connectivity index (χ0n) is 7.23. The van der Waals surface area contributed by atoms with Crippen LogP contribution in [-0.4, -0.2) is 10.6 Å². The van der Waals surface area contributed by atoms with Crippen molar-refractivity contribution in [1.29, 1.82) is 0 Å². The molecule has 0 aliphatic carbocycles. The number of rotatable bonds is 2. The topological polar surface area (TPSA) is 17.1 Å². The Kier molecular flexibility index (Phi) is 10.9. The van der Waals surface area contributed by atoms with E-state index in [0.29, 0.717) is 6.42 Å². The van der Waals surface area contributed by atoms with Crippen LogP contribution in [0.4, 0.5) is 0 Å². The van der Waals surface area contributed by atoms with Gasteiger partial charge in [-0.25, -0.2) is 0 Å². The maximum absolute atomic E-state index is 9.81. The van der Waals surface area contributed by atoms with Crippen molar-refractivity contribution in [3.63, 3.8) is 0 Å². The Morgan fingerprint density at radius 2 is 1.40 bits per heavy atom. The van der Waals surface area contributed by atoms with Crippen LogP contribution >= 0.6 is 12.2 Å². The first-order chi connectivity index (χ1) is 4.54. The van der Waals surface area contributed by atoms with Crippen LogP contribution in [0.15, 0.2) is 0 Å². The van der Waals surface area contributed by atoms with Gasteiger partial charge in [0.1, 0.15) is 5.78 Å². The lowest BCUT2D eigenvalue weighted by molar-refractivity contribution is -0.116. The molecule has 0 N–H and O–H groups in total. The molecule has 0 heterocycles. The van der Waals surface area contributed by atoms with Gasteiger partial charge in [-0.1, -0.05) is 26.1 Å². The van der Waals surface area contributed by atoms with Crippen molar-refractivity contribution in [1.82, 2.24) is 0 Å². The third kappa shape index (κ3) is 25.1. The van der Waals surface area contributed by atoms with E-state index >= 15 is 0 Å². The maximum atomic E-state index is 9.81. The minimum Gasteiger partial charge on any atom is -0.300 e. The average Bonchev–Trinajstić information content (AvgIpc) is 1.89. The molecule has 0 aromatic heterocycles. The molecular formula is C8H16OS. The van der Waals surface area contributed by atoms with E-state index in [9.17, 15) is 4.79 Å². The third-order valence-electron chi connectivity index (χ3n) is 0.996. The second kappa shape index (κ2) is 8.76. The van der Waals surface area contributed by atoms with Gasteiger partial charge >= 0.3 is 0 Å². The lowest BCUT2D eigenvalue weighted by Gasteiger charge is -1.76. The summed E-state index contributed by atoms with van der Waals surface area (Å²) in [6, 6.07) is 0. The van der Waals surface area contributed by atoms with Crippen LogP contribution in [0.25, 0.3) is 0 Å². The molecule has 0 aliphatic rings. The SMILES string of the molecule is CCC(C)=O.CCC(C)=S. The van der Waals surface area contributed by atoms with Crippen molar-refractivity contribution in [2.45, 2.75) is 40.5 Å². The summed E-state index contributed by atoms with van der Waals surface area (Å²) in [4.78, 5) is 10.9. The van der Waals surface area contributed by atoms with E-state index in [1.54, 1.807) is 6.92 Å². The van der Waals surface area contributed by atoms with E-state index in [-0.39, 0.29) is 5.78 Å². The molecule has 0 unspecified atom stereocenters. The highest BCUT2D eigenvalue weighted by Crippen LogP contribution is 1.77. The molecule has 0 rings (SSSR count). The largest absolute Gasteiger partial charge is 0.300 e. The Hall–Kier alpha value is -0.240. The molecule has 0 aromatic rings. The smallest absolute Gasteiger partial charge is 0.129 e. The van der Waals surface area contributed by atoms with E-state index in [4.69, 9.17) is 12.2 Å². The molecule has 0 radical (unpaired) electrons. The third-order valence-corrected chi connectivity index (χ3v) is 1.28. The van der Waals surface area contributed by atoms with E-state index in [1.165, 1.54) is 0 Å². The second-order valence-electron chi connectivity index (χ2n) is 2.11. The molecule has 0 saturated heterocycles. The normalized spacial score (nSPS) is 7.60. The Morgan fingerprint density at radius 1 is 1.20 bits per heavy atom. The van der Waals surface area contributed by atoms with Crippen LogP contribution in [0.1, 0.15) is 40.5 Å². The quantitative estimate of drug-likeness (QED) is 0.578. The lowest BCUT2D eigenvalue weighted by atomic mass is 10.4. The molecule has 0 amide bonds. The van der Waals surface area contributed by atoms with E-state index in [0.717, 1.165) is 11.3 Å². The van der Waals surface area contributed by atoms with Gasteiger partial charge < -0.3 is 4.79 Å². The highest BCUT2D eigenvalue weighted by Gasteiger charge is 1.76. The van der Waals surface area contributed by atoms with Crippen molar-refractivity contribution in [3.05, 3.63) is 0 Å². The molecule has 1 nitrogen and oxygen atoms in total. The number of Topliss-reactive ketones (excluding diaryl/α,β-unsaturated/α-hetero) is 1. The number of thiocarbonyl (C=S) groups is 1. The van der Waals surface area contributed by atoms with Gasteiger partial charge in [0.2, 0.25) is 0 Å². The van der Waals surface area contributed by atoms with E-state index < -0.39 is 0 Å². The predicted octanol–water partition coefficient (Wildman–Crippen LogP) is 2.77. The zero-order chi connectivity index (χ0) is 8.57. The van der Waals surface area contributed by atoms with Gasteiger partial charge in [0.05, 0.1) is 0 Å².